The van der Waals surface area contributed by atoms with Crippen LogP contribution < -0.4 is 0 Å². The number of rotatable bonds is 3. The number of para-hydroxylation sites is 1. The van der Waals surface area contributed by atoms with Crippen LogP contribution in [0.5, 0.6) is 0 Å². The molecule has 2 heterocycles. The fourth-order valence-electron chi connectivity index (χ4n) is 3.05. The highest BCUT2D eigenvalue weighted by Gasteiger charge is 2.46. The molecular formula is C16H17F2NO3. The van der Waals surface area contributed by atoms with Crippen LogP contribution >= 0.6 is 0 Å². The maximum atomic E-state index is 13.5. The van der Waals surface area contributed by atoms with E-state index in [1.807, 2.05) is 18.2 Å². The third-order valence-electron chi connectivity index (χ3n) is 4.14. The van der Waals surface area contributed by atoms with Gasteiger partial charge in [0.15, 0.2) is 0 Å². The number of aliphatic hydroxyl groups excluding tert-OH is 1. The third-order valence-corrected chi connectivity index (χ3v) is 4.14. The lowest BCUT2D eigenvalue weighted by atomic mass is 10.1. The molecule has 3 rings (SSSR count). The number of fused-ring (bicyclic) bond motifs is 1. The van der Waals surface area contributed by atoms with E-state index in [2.05, 4.69) is 0 Å². The van der Waals surface area contributed by atoms with Gasteiger partial charge in [-0.3, -0.25) is 4.79 Å². The van der Waals surface area contributed by atoms with Crippen LogP contribution in [0.4, 0.5) is 8.78 Å². The molecule has 0 bridgehead atoms. The summed E-state index contributed by atoms with van der Waals surface area (Å²) in [6, 6.07) is 6.50. The first-order valence-corrected chi connectivity index (χ1v) is 7.16. The number of halogens is 2. The van der Waals surface area contributed by atoms with Gasteiger partial charge < -0.3 is 14.4 Å². The summed E-state index contributed by atoms with van der Waals surface area (Å²) in [7, 11) is 0. The highest BCUT2D eigenvalue weighted by Crippen LogP contribution is 2.33. The number of hydrogen-bond acceptors (Lipinski definition) is 3. The Labute approximate surface area is 126 Å². The molecule has 22 heavy (non-hydrogen) atoms. The Morgan fingerprint density at radius 2 is 2.18 bits per heavy atom. The van der Waals surface area contributed by atoms with E-state index in [0.29, 0.717) is 16.9 Å². The molecule has 0 saturated carbocycles. The molecule has 4 nitrogen and oxygen atoms in total. The molecular weight excluding hydrogens is 292 g/mol. The van der Waals surface area contributed by atoms with Crippen LogP contribution in [0.25, 0.3) is 11.0 Å². The second-order valence-corrected chi connectivity index (χ2v) is 5.73. The molecule has 0 aliphatic carbocycles. The number of aliphatic hydroxyl groups is 1. The first kappa shape index (κ1) is 15.0. The summed E-state index contributed by atoms with van der Waals surface area (Å²) in [5.74, 6) is -2.73. The Kier molecular flexibility index (Phi) is 3.64. The Balaban J connectivity index is 1.86. The van der Waals surface area contributed by atoms with Crippen molar-refractivity contribution in [3.63, 3.8) is 0 Å². The molecule has 2 aromatic rings. The Morgan fingerprint density at radius 3 is 2.91 bits per heavy atom. The minimum atomic E-state index is -2.93. The maximum Gasteiger partial charge on any atom is 0.267 e. The lowest BCUT2D eigenvalue weighted by Gasteiger charge is -2.22. The van der Waals surface area contributed by atoms with Gasteiger partial charge in [0.2, 0.25) is 5.91 Å². The molecule has 118 valence electrons. The van der Waals surface area contributed by atoms with Crippen LogP contribution in [0.15, 0.2) is 28.7 Å². The predicted octanol–water partition coefficient (Wildman–Crippen LogP) is 2.51. The summed E-state index contributed by atoms with van der Waals surface area (Å²) >= 11 is 0. The fourth-order valence-corrected chi connectivity index (χ4v) is 3.05. The zero-order valence-electron chi connectivity index (χ0n) is 12.2. The summed E-state index contributed by atoms with van der Waals surface area (Å²) in [6.45, 7) is 0.670. The third kappa shape index (κ3) is 2.59. The molecule has 1 unspecified atom stereocenters. The van der Waals surface area contributed by atoms with Gasteiger partial charge >= 0.3 is 0 Å². The second-order valence-electron chi connectivity index (χ2n) is 5.73. The second kappa shape index (κ2) is 5.35. The van der Waals surface area contributed by atoms with Gasteiger partial charge in [-0.05, 0) is 13.0 Å². The van der Waals surface area contributed by atoms with E-state index in [-0.39, 0.29) is 6.42 Å². The van der Waals surface area contributed by atoms with Crippen molar-refractivity contribution in [3.05, 3.63) is 35.6 Å². The fraction of sp³-hybridized carbons (Fsp3) is 0.438. The number of likely N-dealkylation sites (tertiary alicyclic amines) is 1. The van der Waals surface area contributed by atoms with Crippen LogP contribution in [0.3, 0.4) is 0 Å². The monoisotopic (exact) mass is 309 g/mol. The van der Waals surface area contributed by atoms with Crippen molar-refractivity contribution in [2.24, 2.45) is 0 Å². The predicted molar refractivity (Wildman–Crippen MR) is 76.8 cm³/mol. The highest BCUT2D eigenvalue weighted by molar-refractivity contribution is 5.88. The van der Waals surface area contributed by atoms with Crippen LogP contribution in [-0.2, 0) is 11.2 Å². The van der Waals surface area contributed by atoms with E-state index in [1.54, 1.807) is 13.0 Å². The highest BCUT2D eigenvalue weighted by atomic mass is 19.3. The summed E-state index contributed by atoms with van der Waals surface area (Å²) in [4.78, 5) is 13.5. The Morgan fingerprint density at radius 1 is 1.45 bits per heavy atom. The van der Waals surface area contributed by atoms with E-state index in [0.717, 1.165) is 10.3 Å². The Hall–Kier alpha value is -1.95. The smallest absolute Gasteiger partial charge is 0.267 e. The van der Waals surface area contributed by atoms with E-state index in [1.165, 1.54) is 0 Å². The quantitative estimate of drug-likeness (QED) is 0.948. The van der Waals surface area contributed by atoms with Crippen molar-refractivity contribution in [2.75, 3.05) is 13.2 Å². The standard InChI is InChI=1S/C16H17F2NO3/c1-10-13(12-4-2-3-5-14(12)22-10)6-15(21)19-9-16(17,18)7-11(19)8-20/h2-5,11,20H,6-9H2,1H3. The number of aryl methyl sites for hydroxylation is 1. The van der Waals surface area contributed by atoms with E-state index in [4.69, 9.17) is 4.42 Å². The van der Waals surface area contributed by atoms with Crippen LogP contribution in [0, 0.1) is 6.92 Å². The van der Waals surface area contributed by atoms with Gasteiger partial charge in [0.1, 0.15) is 11.3 Å². The number of hydrogen-bond donors (Lipinski definition) is 1. The SMILES string of the molecule is Cc1oc2ccccc2c1CC(=O)N1CC(F)(F)CC1CO. The lowest BCUT2D eigenvalue weighted by molar-refractivity contribution is -0.133. The number of alkyl halides is 2. The van der Waals surface area contributed by atoms with E-state index < -0.39 is 37.4 Å². The minimum absolute atomic E-state index is 0.00454. The first-order chi connectivity index (χ1) is 10.4. The van der Waals surface area contributed by atoms with Gasteiger partial charge in [-0.15, -0.1) is 0 Å². The summed E-state index contributed by atoms with van der Waals surface area (Å²) in [5, 5.41) is 10.0. The number of benzene rings is 1. The van der Waals surface area contributed by atoms with Crippen LogP contribution in [0.1, 0.15) is 17.7 Å². The van der Waals surface area contributed by atoms with Gasteiger partial charge in [0, 0.05) is 17.4 Å². The topological polar surface area (TPSA) is 53.7 Å². The zero-order chi connectivity index (χ0) is 15.9. The molecule has 1 amide bonds. The van der Waals surface area contributed by atoms with Gasteiger partial charge in [-0.1, -0.05) is 18.2 Å². The number of carbonyl (C=O) groups excluding carboxylic acids is 1. The molecule has 1 atom stereocenters. The number of amides is 1. The number of nitrogens with zero attached hydrogens (tertiary/aromatic N) is 1. The summed E-state index contributed by atoms with van der Waals surface area (Å²) < 4.78 is 32.5. The van der Waals surface area contributed by atoms with Gasteiger partial charge in [-0.25, -0.2) is 8.78 Å². The van der Waals surface area contributed by atoms with Crippen molar-refractivity contribution in [3.8, 4) is 0 Å². The van der Waals surface area contributed by atoms with Gasteiger partial charge in [0.05, 0.1) is 25.6 Å². The first-order valence-electron chi connectivity index (χ1n) is 7.16. The van der Waals surface area contributed by atoms with Crippen molar-refractivity contribution >= 4 is 16.9 Å². The molecule has 1 fully saturated rings. The lowest BCUT2D eigenvalue weighted by Crippen LogP contribution is -2.39. The molecule has 1 N–H and O–H groups in total. The average molecular weight is 309 g/mol. The summed E-state index contributed by atoms with van der Waals surface area (Å²) in [6.07, 6.45) is -0.490. The van der Waals surface area contributed by atoms with Crippen LogP contribution in [-0.4, -0.2) is 41.0 Å². The van der Waals surface area contributed by atoms with Crippen molar-refractivity contribution in [1.82, 2.24) is 4.90 Å². The molecule has 6 heteroatoms. The van der Waals surface area contributed by atoms with Crippen molar-refractivity contribution < 1.29 is 23.1 Å². The van der Waals surface area contributed by atoms with E-state index >= 15 is 0 Å². The van der Waals surface area contributed by atoms with E-state index in [9.17, 15) is 18.7 Å². The molecule has 1 aliphatic rings. The maximum absolute atomic E-state index is 13.5. The molecule has 0 radical (unpaired) electrons. The number of furan rings is 1. The molecule has 1 aromatic carbocycles. The van der Waals surface area contributed by atoms with Gasteiger partial charge in [0.25, 0.3) is 5.92 Å². The number of carbonyl (C=O) groups is 1. The minimum Gasteiger partial charge on any atom is -0.461 e. The molecule has 0 spiro atoms. The van der Waals surface area contributed by atoms with Crippen molar-refractivity contribution in [2.45, 2.75) is 31.7 Å². The largest absolute Gasteiger partial charge is 0.461 e. The van der Waals surface area contributed by atoms with Gasteiger partial charge in [-0.2, -0.15) is 0 Å². The Bertz CT molecular complexity index is 710. The molecule has 1 aliphatic heterocycles. The molecule has 1 aromatic heterocycles. The summed E-state index contributed by atoms with van der Waals surface area (Å²) in [5.41, 5.74) is 1.39. The molecule has 1 saturated heterocycles. The van der Waals surface area contributed by atoms with Crippen LogP contribution in [0.2, 0.25) is 0 Å². The van der Waals surface area contributed by atoms with Crippen molar-refractivity contribution in [1.29, 1.82) is 0 Å². The normalized spacial score (nSPS) is 20.7. The zero-order valence-corrected chi connectivity index (χ0v) is 12.2. The average Bonchev–Trinajstić information content (AvgIpc) is 2.96.